The standard InChI is InChI=1S/C11H11FN2O/c1-7-3-4-9(5-10(7)12)11(15)14-8(2)6-13/h3-5,8H,1-2H3,(H,14,15). The lowest BCUT2D eigenvalue weighted by Crippen LogP contribution is -2.31. The Bertz CT molecular complexity index is 423. The second-order valence-electron chi connectivity index (χ2n) is 3.29. The molecule has 0 aliphatic carbocycles. The monoisotopic (exact) mass is 206 g/mol. The SMILES string of the molecule is Cc1ccc(C(=O)NC(C)C#N)cc1F. The van der Waals surface area contributed by atoms with Gasteiger partial charge in [0.2, 0.25) is 0 Å². The number of nitrogens with zero attached hydrogens (tertiary/aromatic N) is 1. The zero-order chi connectivity index (χ0) is 11.4. The highest BCUT2D eigenvalue weighted by molar-refractivity contribution is 5.94. The van der Waals surface area contributed by atoms with E-state index in [1.165, 1.54) is 12.1 Å². The Morgan fingerprint density at radius 1 is 1.60 bits per heavy atom. The van der Waals surface area contributed by atoms with Crippen LogP contribution in [0, 0.1) is 24.1 Å². The molecule has 1 amide bonds. The lowest BCUT2D eigenvalue weighted by Gasteiger charge is -2.06. The minimum absolute atomic E-state index is 0.222. The molecule has 0 saturated carbocycles. The zero-order valence-electron chi connectivity index (χ0n) is 8.54. The van der Waals surface area contributed by atoms with Gasteiger partial charge in [0.25, 0.3) is 5.91 Å². The summed E-state index contributed by atoms with van der Waals surface area (Å²) in [5, 5.41) is 10.9. The molecule has 4 heteroatoms. The number of benzene rings is 1. The van der Waals surface area contributed by atoms with Crippen molar-refractivity contribution in [2.75, 3.05) is 0 Å². The summed E-state index contributed by atoms with van der Waals surface area (Å²) in [5.41, 5.74) is 0.708. The van der Waals surface area contributed by atoms with E-state index < -0.39 is 17.8 Å². The van der Waals surface area contributed by atoms with Gasteiger partial charge in [0.1, 0.15) is 11.9 Å². The minimum atomic E-state index is -0.582. The van der Waals surface area contributed by atoms with Gasteiger partial charge < -0.3 is 5.32 Å². The summed E-state index contributed by atoms with van der Waals surface area (Å²) in [6.45, 7) is 3.18. The Hall–Kier alpha value is -1.89. The summed E-state index contributed by atoms with van der Waals surface area (Å²) >= 11 is 0. The molecular formula is C11H11FN2O. The first-order valence-electron chi connectivity index (χ1n) is 4.51. The van der Waals surface area contributed by atoms with E-state index in [4.69, 9.17) is 5.26 Å². The van der Waals surface area contributed by atoms with E-state index in [0.29, 0.717) is 5.56 Å². The molecule has 0 bridgehead atoms. The number of carbonyl (C=O) groups is 1. The molecule has 0 aromatic heterocycles. The number of carbonyl (C=O) groups excluding carboxylic acids is 1. The molecule has 1 rings (SSSR count). The first kappa shape index (κ1) is 11.2. The van der Waals surface area contributed by atoms with Gasteiger partial charge in [-0.2, -0.15) is 5.26 Å². The van der Waals surface area contributed by atoms with Crippen LogP contribution in [-0.2, 0) is 0 Å². The second kappa shape index (κ2) is 4.56. The van der Waals surface area contributed by atoms with E-state index in [0.717, 1.165) is 6.07 Å². The first-order valence-corrected chi connectivity index (χ1v) is 4.51. The van der Waals surface area contributed by atoms with Crippen molar-refractivity contribution in [2.24, 2.45) is 0 Å². The molecule has 0 aliphatic rings. The molecule has 15 heavy (non-hydrogen) atoms. The summed E-state index contributed by atoms with van der Waals surface area (Å²) in [7, 11) is 0. The van der Waals surface area contributed by atoms with Crippen LogP contribution in [0.1, 0.15) is 22.8 Å². The predicted molar refractivity (Wildman–Crippen MR) is 53.7 cm³/mol. The van der Waals surface area contributed by atoms with Crippen LogP contribution in [0.4, 0.5) is 4.39 Å². The van der Waals surface area contributed by atoms with Gasteiger partial charge in [-0.15, -0.1) is 0 Å². The van der Waals surface area contributed by atoms with Crippen LogP contribution < -0.4 is 5.32 Å². The van der Waals surface area contributed by atoms with Gasteiger partial charge in [0, 0.05) is 5.56 Å². The van der Waals surface area contributed by atoms with Crippen LogP contribution in [-0.4, -0.2) is 11.9 Å². The highest BCUT2D eigenvalue weighted by Gasteiger charge is 2.10. The van der Waals surface area contributed by atoms with Crippen molar-refractivity contribution in [3.05, 3.63) is 35.1 Å². The Kier molecular flexibility index (Phi) is 3.40. The van der Waals surface area contributed by atoms with Gasteiger partial charge >= 0.3 is 0 Å². The molecule has 0 aliphatic heterocycles. The maximum atomic E-state index is 13.1. The quantitative estimate of drug-likeness (QED) is 0.801. The highest BCUT2D eigenvalue weighted by atomic mass is 19.1. The maximum Gasteiger partial charge on any atom is 0.252 e. The molecule has 0 fully saturated rings. The lowest BCUT2D eigenvalue weighted by atomic mass is 10.1. The molecule has 0 radical (unpaired) electrons. The average Bonchev–Trinajstić information content (AvgIpc) is 2.21. The largest absolute Gasteiger partial charge is 0.337 e. The molecule has 0 heterocycles. The van der Waals surface area contributed by atoms with E-state index in [1.807, 2.05) is 6.07 Å². The van der Waals surface area contributed by atoms with Gasteiger partial charge in [0.05, 0.1) is 6.07 Å². The number of rotatable bonds is 2. The number of amides is 1. The third kappa shape index (κ3) is 2.78. The lowest BCUT2D eigenvalue weighted by molar-refractivity contribution is 0.0947. The molecule has 0 spiro atoms. The summed E-state index contributed by atoms with van der Waals surface area (Å²) in [6.07, 6.45) is 0. The maximum absolute atomic E-state index is 13.1. The number of hydrogen-bond donors (Lipinski definition) is 1. The third-order valence-corrected chi connectivity index (χ3v) is 1.98. The molecule has 0 saturated heterocycles. The van der Waals surface area contributed by atoms with E-state index in [-0.39, 0.29) is 5.56 Å². The fraction of sp³-hybridized carbons (Fsp3) is 0.273. The number of nitriles is 1. The van der Waals surface area contributed by atoms with E-state index in [1.54, 1.807) is 13.8 Å². The van der Waals surface area contributed by atoms with Gasteiger partial charge in [0.15, 0.2) is 0 Å². The Balaban J connectivity index is 2.84. The van der Waals surface area contributed by atoms with Crippen molar-refractivity contribution in [2.45, 2.75) is 19.9 Å². The van der Waals surface area contributed by atoms with Crippen LogP contribution in [0.15, 0.2) is 18.2 Å². The van der Waals surface area contributed by atoms with Gasteiger partial charge in [-0.3, -0.25) is 4.79 Å². The van der Waals surface area contributed by atoms with Crippen LogP contribution in [0.5, 0.6) is 0 Å². The summed E-state index contributed by atoms with van der Waals surface area (Å²) < 4.78 is 13.1. The van der Waals surface area contributed by atoms with Crippen LogP contribution in [0.3, 0.4) is 0 Å². The highest BCUT2D eigenvalue weighted by Crippen LogP contribution is 2.09. The van der Waals surface area contributed by atoms with E-state index >= 15 is 0 Å². The Labute approximate surface area is 87.5 Å². The number of aryl methyl sites for hydroxylation is 1. The minimum Gasteiger partial charge on any atom is -0.337 e. The number of nitrogens with one attached hydrogen (secondary N) is 1. The molecule has 1 unspecified atom stereocenters. The Morgan fingerprint density at radius 3 is 2.80 bits per heavy atom. The second-order valence-corrected chi connectivity index (χ2v) is 3.29. The normalized spacial score (nSPS) is 11.6. The van der Waals surface area contributed by atoms with E-state index in [9.17, 15) is 9.18 Å². The van der Waals surface area contributed by atoms with Crippen molar-refractivity contribution < 1.29 is 9.18 Å². The molecule has 1 N–H and O–H groups in total. The fourth-order valence-electron chi connectivity index (χ4n) is 1.05. The fourth-order valence-corrected chi connectivity index (χ4v) is 1.05. The van der Waals surface area contributed by atoms with Crippen molar-refractivity contribution in [1.82, 2.24) is 5.32 Å². The molecule has 1 aromatic carbocycles. The smallest absolute Gasteiger partial charge is 0.252 e. The summed E-state index contributed by atoms with van der Waals surface area (Å²) in [5.74, 6) is -0.866. The van der Waals surface area contributed by atoms with Crippen molar-refractivity contribution in [3.8, 4) is 6.07 Å². The molecular weight excluding hydrogens is 195 g/mol. The topological polar surface area (TPSA) is 52.9 Å². The Morgan fingerprint density at radius 2 is 2.27 bits per heavy atom. The zero-order valence-corrected chi connectivity index (χ0v) is 8.54. The van der Waals surface area contributed by atoms with E-state index in [2.05, 4.69) is 5.32 Å². The molecule has 78 valence electrons. The number of hydrogen-bond acceptors (Lipinski definition) is 2. The average molecular weight is 206 g/mol. The van der Waals surface area contributed by atoms with Crippen LogP contribution >= 0.6 is 0 Å². The molecule has 1 atom stereocenters. The van der Waals surface area contributed by atoms with Crippen LogP contribution in [0.25, 0.3) is 0 Å². The summed E-state index contributed by atoms with van der Waals surface area (Å²) in [4.78, 5) is 11.4. The molecule has 1 aromatic rings. The third-order valence-electron chi connectivity index (χ3n) is 1.98. The first-order chi connectivity index (χ1) is 7.04. The van der Waals surface area contributed by atoms with Crippen LogP contribution in [0.2, 0.25) is 0 Å². The van der Waals surface area contributed by atoms with Crippen molar-refractivity contribution in [1.29, 1.82) is 5.26 Å². The van der Waals surface area contributed by atoms with Gasteiger partial charge in [-0.1, -0.05) is 6.07 Å². The predicted octanol–water partition coefficient (Wildman–Crippen LogP) is 1.78. The van der Waals surface area contributed by atoms with Gasteiger partial charge in [-0.05, 0) is 31.5 Å². The number of halogens is 1. The summed E-state index contributed by atoms with van der Waals surface area (Å²) in [6, 6.07) is 5.50. The van der Waals surface area contributed by atoms with Crippen molar-refractivity contribution in [3.63, 3.8) is 0 Å². The van der Waals surface area contributed by atoms with Gasteiger partial charge in [-0.25, -0.2) is 4.39 Å². The molecule has 3 nitrogen and oxygen atoms in total. The van der Waals surface area contributed by atoms with Crippen molar-refractivity contribution >= 4 is 5.91 Å².